The van der Waals surface area contributed by atoms with Crippen molar-refractivity contribution in [3.8, 4) is 0 Å². The molecule has 3 N–H and O–H groups in total. The van der Waals surface area contributed by atoms with Gasteiger partial charge in [-0.1, -0.05) is 70.2 Å². The number of carbonyl (C=O) groups excluding carboxylic acids is 2. The second kappa shape index (κ2) is 18.1. The molecule has 3 aromatic carbocycles. The van der Waals surface area contributed by atoms with Crippen molar-refractivity contribution in [2.24, 2.45) is 5.92 Å². The molecule has 1 fully saturated rings. The van der Waals surface area contributed by atoms with E-state index in [-0.39, 0.29) is 24.4 Å². The van der Waals surface area contributed by atoms with Gasteiger partial charge < -0.3 is 20.6 Å². The maximum Gasteiger partial charge on any atom is 0.253 e. The molecule has 47 heavy (non-hydrogen) atoms. The summed E-state index contributed by atoms with van der Waals surface area (Å²) in [6.07, 6.45) is 8.20. The molecular weight excluding hydrogens is 596 g/mol. The van der Waals surface area contributed by atoms with Crippen LogP contribution >= 0.6 is 0 Å². The lowest BCUT2D eigenvalue weighted by molar-refractivity contribution is 0.0755. The molecule has 0 aromatic heterocycles. The maximum absolute atomic E-state index is 14.1. The van der Waals surface area contributed by atoms with E-state index in [4.69, 9.17) is 0 Å². The van der Waals surface area contributed by atoms with Gasteiger partial charge in [-0.2, -0.15) is 0 Å². The maximum atomic E-state index is 14.1. The fraction of sp³-hybridized carbons (Fsp3) is 0.487. The van der Waals surface area contributed by atoms with Crippen molar-refractivity contribution in [1.29, 1.82) is 0 Å². The zero-order valence-corrected chi connectivity index (χ0v) is 28.2. The van der Waals surface area contributed by atoms with E-state index in [1.54, 1.807) is 23.1 Å². The molecule has 254 valence electrons. The molecule has 0 unspecified atom stereocenters. The normalized spacial score (nSPS) is 14.9. The van der Waals surface area contributed by atoms with Gasteiger partial charge in [-0.15, -0.1) is 0 Å². The van der Waals surface area contributed by atoms with Gasteiger partial charge in [0.25, 0.3) is 11.8 Å². The first-order valence-corrected chi connectivity index (χ1v) is 17.3. The molecular formula is C39H51F2N3O3. The molecule has 1 aliphatic carbocycles. The first-order chi connectivity index (χ1) is 22.6. The van der Waals surface area contributed by atoms with E-state index in [0.717, 1.165) is 42.4 Å². The molecule has 0 heterocycles. The third-order valence-electron chi connectivity index (χ3n) is 8.94. The minimum absolute atomic E-state index is 0.0124. The van der Waals surface area contributed by atoms with Gasteiger partial charge in [-0.05, 0) is 91.1 Å². The van der Waals surface area contributed by atoms with E-state index in [1.165, 1.54) is 49.8 Å². The van der Waals surface area contributed by atoms with Crippen LogP contribution in [0.5, 0.6) is 0 Å². The molecule has 1 saturated carbocycles. The predicted octanol–water partition coefficient (Wildman–Crippen LogP) is 7.15. The molecule has 1 aliphatic rings. The molecule has 0 spiro atoms. The van der Waals surface area contributed by atoms with Gasteiger partial charge in [0, 0.05) is 43.4 Å². The quantitative estimate of drug-likeness (QED) is 0.154. The number of rotatable bonds is 16. The van der Waals surface area contributed by atoms with E-state index in [2.05, 4.69) is 34.9 Å². The Hall–Kier alpha value is -3.62. The van der Waals surface area contributed by atoms with Gasteiger partial charge in [-0.3, -0.25) is 9.59 Å². The number of nitrogens with zero attached hydrogens (tertiary/aromatic N) is 1. The summed E-state index contributed by atoms with van der Waals surface area (Å²) in [6.45, 7) is 7.79. The number of aliphatic hydroxyl groups is 1. The number of carbonyl (C=O) groups is 2. The Morgan fingerprint density at radius 1 is 0.872 bits per heavy atom. The number of nitrogens with one attached hydrogen (secondary N) is 2. The summed E-state index contributed by atoms with van der Waals surface area (Å²) >= 11 is 0. The number of benzene rings is 3. The second-order valence-corrected chi connectivity index (χ2v) is 13.2. The smallest absolute Gasteiger partial charge is 0.253 e. The number of aryl methyl sites for hydroxylation is 1. The van der Waals surface area contributed by atoms with E-state index < -0.39 is 29.7 Å². The highest BCUT2D eigenvalue weighted by Crippen LogP contribution is 2.27. The Labute approximate surface area is 279 Å². The number of hydrogen-bond acceptors (Lipinski definition) is 4. The average Bonchev–Trinajstić information content (AvgIpc) is 3.04. The van der Waals surface area contributed by atoms with E-state index >= 15 is 0 Å². The van der Waals surface area contributed by atoms with Crippen molar-refractivity contribution in [3.63, 3.8) is 0 Å². The van der Waals surface area contributed by atoms with Crippen LogP contribution in [0.2, 0.25) is 0 Å². The van der Waals surface area contributed by atoms with E-state index in [1.807, 2.05) is 20.8 Å². The zero-order chi connectivity index (χ0) is 33.8. The van der Waals surface area contributed by atoms with Crippen LogP contribution in [-0.2, 0) is 19.4 Å². The Balaban J connectivity index is 1.46. The van der Waals surface area contributed by atoms with Crippen LogP contribution in [-0.4, -0.2) is 53.6 Å². The second-order valence-electron chi connectivity index (χ2n) is 13.2. The first kappa shape index (κ1) is 36.2. The fourth-order valence-corrected chi connectivity index (χ4v) is 6.69. The molecule has 2 atom stereocenters. The summed E-state index contributed by atoms with van der Waals surface area (Å²) in [4.78, 5) is 28.7. The van der Waals surface area contributed by atoms with Gasteiger partial charge in [0.2, 0.25) is 0 Å². The van der Waals surface area contributed by atoms with Crippen molar-refractivity contribution in [3.05, 3.63) is 106 Å². The lowest BCUT2D eigenvalue weighted by atomic mass is 9.84. The standard InChI is InChI=1S/C39H51F2N3O3/c1-4-14-44(15-5-2)39(47)33-17-27(3)16-32(23-33)38(46)43-36(22-31-20-34(40)24-35(41)21-31)37(45)26-42-25-30-13-9-12-29(19-30)18-28-10-7-6-8-11-28/h9,12-13,16-17,19-21,23-24,28,36-37,42,45H,4-8,10-11,14-15,18,22,25-26H2,1-3H3,(H,43,46)/t36-,37+/m0/s1. The van der Waals surface area contributed by atoms with Crippen molar-refractivity contribution >= 4 is 11.8 Å². The van der Waals surface area contributed by atoms with Crippen LogP contribution in [0.3, 0.4) is 0 Å². The van der Waals surface area contributed by atoms with Gasteiger partial charge in [-0.25, -0.2) is 8.78 Å². The van der Waals surface area contributed by atoms with Crippen molar-refractivity contribution < 1.29 is 23.5 Å². The van der Waals surface area contributed by atoms with E-state index in [9.17, 15) is 23.5 Å². The SMILES string of the molecule is CCCN(CCC)C(=O)c1cc(C)cc(C(=O)N[C@@H](Cc2cc(F)cc(F)c2)[C@H](O)CNCc2cccc(CC3CCCCC3)c2)c1. The predicted molar refractivity (Wildman–Crippen MR) is 183 cm³/mol. The highest BCUT2D eigenvalue weighted by molar-refractivity contribution is 6.00. The van der Waals surface area contributed by atoms with Gasteiger partial charge in [0.15, 0.2) is 0 Å². The molecule has 6 nitrogen and oxygen atoms in total. The average molecular weight is 648 g/mol. The van der Waals surface area contributed by atoms with Crippen molar-refractivity contribution in [2.75, 3.05) is 19.6 Å². The van der Waals surface area contributed by atoms with Gasteiger partial charge >= 0.3 is 0 Å². The Morgan fingerprint density at radius 2 is 1.53 bits per heavy atom. The highest BCUT2D eigenvalue weighted by Gasteiger charge is 2.24. The minimum Gasteiger partial charge on any atom is -0.390 e. The third kappa shape index (κ3) is 11.2. The van der Waals surface area contributed by atoms with Crippen LogP contribution in [0.1, 0.15) is 102 Å². The summed E-state index contributed by atoms with van der Waals surface area (Å²) in [5.41, 5.74) is 4.21. The molecule has 0 saturated heterocycles. The van der Waals surface area contributed by atoms with Crippen LogP contribution in [0.15, 0.2) is 60.7 Å². The molecule has 0 aliphatic heterocycles. The van der Waals surface area contributed by atoms with Crippen LogP contribution in [0.4, 0.5) is 8.78 Å². The first-order valence-electron chi connectivity index (χ1n) is 17.3. The van der Waals surface area contributed by atoms with Gasteiger partial charge in [0.05, 0.1) is 12.1 Å². The van der Waals surface area contributed by atoms with Crippen LogP contribution in [0, 0.1) is 24.5 Å². The molecule has 0 bridgehead atoms. The lowest BCUT2D eigenvalue weighted by Crippen LogP contribution is -2.48. The monoisotopic (exact) mass is 647 g/mol. The van der Waals surface area contributed by atoms with Crippen molar-refractivity contribution in [2.45, 2.75) is 97.2 Å². The summed E-state index contributed by atoms with van der Waals surface area (Å²) in [7, 11) is 0. The Morgan fingerprint density at radius 3 is 2.21 bits per heavy atom. The highest BCUT2D eigenvalue weighted by atomic mass is 19.1. The lowest BCUT2D eigenvalue weighted by Gasteiger charge is -2.26. The summed E-state index contributed by atoms with van der Waals surface area (Å²) in [5.74, 6) is -1.32. The minimum atomic E-state index is -1.06. The summed E-state index contributed by atoms with van der Waals surface area (Å²) < 4.78 is 28.2. The van der Waals surface area contributed by atoms with Crippen LogP contribution < -0.4 is 10.6 Å². The number of hydrogen-bond donors (Lipinski definition) is 3. The fourth-order valence-electron chi connectivity index (χ4n) is 6.69. The van der Waals surface area contributed by atoms with E-state index in [0.29, 0.717) is 30.8 Å². The third-order valence-corrected chi connectivity index (χ3v) is 8.94. The molecule has 0 radical (unpaired) electrons. The van der Waals surface area contributed by atoms with Crippen molar-refractivity contribution in [1.82, 2.24) is 15.5 Å². The molecule has 4 rings (SSSR count). The summed E-state index contributed by atoms with van der Waals surface area (Å²) in [6, 6.07) is 15.9. The topological polar surface area (TPSA) is 81.7 Å². The summed E-state index contributed by atoms with van der Waals surface area (Å²) in [5, 5.41) is 17.5. The molecule has 3 aromatic rings. The number of amides is 2. The van der Waals surface area contributed by atoms with Gasteiger partial charge in [0.1, 0.15) is 11.6 Å². The van der Waals surface area contributed by atoms with Crippen LogP contribution in [0.25, 0.3) is 0 Å². The molecule has 8 heteroatoms. The zero-order valence-electron chi connectivity index (χ0n) is 28.2. The molecule has 2 amide bonds. The number of halogens is 2. The largest absolute Gasteiger partial charge is 0.390 e. The Bertz CT molecular complexity index is 1450. The number of aliphatic hydroxyl groups excluding tert-OH is 1. The Kier molecular flexibility index (Phi) is 13.9.